The lowest BCUT2D eigenvalue weighted by atomic mass is 10.2. The van der Waals surface area contributed by atoms with Crippen molar-refractivity contribution in [2.24, 2.45) is 0 Å². The second-order valence-corrected chi connectivity index (χ2v) is 8.79. The average Bonchev–Trinajstić information content (AvgIpc) is 3.42. The number of aromatic amines is 2. The third-order valence-corrected chi connectivity index (χ3v) is 6.15. The number of anilines is 3. The van der Waals surface area contributed by atoms with Crippen LogP contribution in [-0.2, 0) is 0 Å². The van der Waals surface area contributed by atoms with E-state index in [0.717, 1.165) is 54.3 Å². The lowest BCUT2D eigenvalue weighted by Crippen LogP contribution is -2.44. The molecule has 3 N–H and O–H groups in total. The summed E-state index contributed by atoms with van der Waals surface area (Å²) in [7, 11) is 2.12. The van der Waals surface area contributed by atoms with Gasteiger partial charge in [-0.3, -0.25) is 5.10 Å². The summed E-state index contributed by atoms with van der Waals surface area (Å²) in [5.41, 5.74) is 2.89. The summed E-state index contributed by atoms with van der Waals surface area (Å²) in [5, 5.41) is 12.0. The number of likely N-dealkylation sites (N-methyl/N-ethyl adjacent to an activating group) is 1. The number of aromatic nitrogens is 5. The Kier molecular flexibility index (Phi) is 6.12. The molecule has 0 aliphatic carbocycles. The summed E-state index contributed by atoms with van der Waals surface area (Å²) in [5.74, 6) is 2.54. The molecule has 1 aliphatic rings. The van der Waals surface area contributed by atoms with Gasteiger partial charge >= 0.3 is 6.01 Å². The zero-order valence-electron chi connectivity index (χ0n) is 19.4. The minimum Gasteiger partial charge on any atom is -0.423 e. The number of H-pyrrole nitrogens is 2. The fourth-order valence-corrected chi connectivity index (χ4v) is 4.24. The number of hydrogen-bond acceptors (Lipinski definition) is 7. The number of aryl methyl sites for hydroxylation is 1. The number of benzene rings is 1. The van der Waals surface area contributed by atoms with E-state index < -0.39 is 0 Å². The van der Waals surface area contributed by atoms with Crippen LogP contribution in [0.4, 0.5) is 17.5 Å². The molecule has 1 aromatic carbocycles. The fraction of sp³-hybridized carbons (Fsp3) is 0.292. The lowest BCUT2D eigenvalue weighted by Gasteiger charge is -2.33. The second-order valence-electron chi connectivity index (χ2n) is 8.41. The van der Waals surface area contributed by atoms with Crippen molar-refractivity contribution in [3.63, 3.8) is 0 Å². The first kappa shape index (κ1) is 22.2. The number of nitrogens with one attached hydrogen (secondary N) is 3. The summed E-state index contributed by atoms with van der Waals surface area (Å²) in [6.07, 6.45) is 3.90. The summed E-state index contributed by atoms with van der Waals surface area (Å²) in [6.45, 7) is 7.62. The molecule has 0 radical (unpaired) electrons. The second kappa shape index (κ2) is 9.36. The van der Waals surface area contributed by atoms with E-state index in [-0.39, 0.29) is 6.01 Å². The van der Waals surface area contributed by atoms with Gasteiger partial charge in [-0.15, -0.1) is 0 Å². The smallest absolute Gasteiger partial charge is 0.325 e. The molecule has 0 bridgehead atoms. The Morgan fingerprint density at radius 3 is 2.71 bits per heavy atom. The molecule has 1 saturated heterocycles. The Morgan fingerprint density at radius 2 is 1.91 bits per heavy atom. The maximum atomic E-state index is 6.66. The number of nitrogens with zero attached hydrogens (tertiary/aromatic N) is 5. The fourth-order valence-electron chi connectivity index (χ4n) is 3.98. The van der Waals surface area contributed by atoms with Gasteiger partial charge in [0.25, 0.3) is 0 Å². The third-order valence-electron chi connectivity index (χ3n) is 5.76. The largest absolute Gasteiger partial charge is 0.423 e. The van der Waals surface area contributed by atoms with Gasteiger partial charge < -0.3 is 24.8 Å². The maximum Gasteiger partial charge on any atom is 0.325 e. The van der Waals surface area contributed by atoms with Crippen molar-refractivity contribution in [2.75, 3.05) is 43.4 Å². The SMILES string of the molecule is C/C=C\c1cc(Nc2cc(N3CCN(C)CC3)nc(Oc3ccc4[nH]c(C)cc4c3Cl)n2)n[nH]1. The zero-order chi connectivity index (χ0) is 23.7. The van der Waals surface area contributed by atoms with Crippen molar-refractivity contribution >= 4 is 46.0 Å². The third kappa shape index (κ3) is 4.71. The number of fused-ring (bicyclic) bond motifs is 1. The Hall–Kier alpha value is -3.56. The molecule has 3 aromatic heterocycles. The van der Waals surface area contributed by atoms with Crippen molar-refractivity contribution in [3.8, 4) is 11.8 Å². The molecule has 0 amide bonds. The molecule has 9 nitrogen and oxygen atoms in total. The number of rotatable bonds is 6. The van der Waals surface area contributed by atoms with E-state index in [4.69, 9.17) is 21.3 Å². The first-order chi connectivity index (χ1) is 16.5. The van der Waals surface area contributed by atoms with Crippen molar-refractivity contribution in [2.45, 2.75) is 13.8 Å². The highest BCUT2D eigenvalue weighted by Crippen LogP contribution is 2.36. The van der Waals surface area contributed by atoms with Crippen LogP contribution in [0, 0.1) is 6.92 Å². The summed E-state index contributed by atoms with van der Waals surface area (Å²) in [4.78, 5) is 17.1. The molecule has 176 valence electrons. The van der Waals surface area contributed by atoms with Crippen LogP contribution in [0.2, 0.25) is 5.02 Å². The molecular formula is C24H27ClN8O. The lowest BCUT2D eigenvalue weighted by molar-refractivity contribution is 0.311. The zero-order valence-corrected chi connectivity index (χ0v) is 20.1. The molecule has 4 aromatic rings. The number of hydrogen-bond donors (Lipinski definition) is 3. The summed E-state index contributed by atoms with van der Waals surface area (Å²) in [6, 6.07) is 9.83. The highest BCUT2D eigenvalue weighted by atomic mass is 35.5. The van der Waals surface area contributed by atoms with E-state index in [2.05, 4.69) is 42.3 Å². The topological polar surface area (TPSA) is 98.0 Å². The minimum absolute atomic E-state index is 0.219. The monoisotopic (exact) mass is 478 g/mol. The van der Waals surface area contributed by atoms with Crippen molar-refractivity contribution in [1.82, 2.24) is 30.0 Å². The molecule has 10 heteroatoms. The highest BCUT2D eigenvalue weighted by Gasteiger charge is 2.19. The normalized spacial score (nSPS) is 14.9. The Bertz CT molecular complexity index is 1340. The first-order valence-electron chi connectivity index (χ1n) is 11.2. The van der Waals surface area contributed by atoms with Crippen molar-refractivity contribution < 1.29 is 4.74 Å². The summed E-state index contributed by atoms with van der Waals surface area (Å²) >= 11 is 6.66. The van der Waals surface area contributed by atoms with Crippen LogP contribution in [0.25, 0.3) is 17.0 Å². The number of ether oxygens (including phenoxy) is 1. The summed E-state index contributed by atoms with van der Waals surface area (Å²) < 4.78 is 6.12. The molecule has 0 atom stereocenters. The van der Waals surface area contributed by atoms with Gasteiger partial charge in [-0.25, -0.2) is 0 Å². The Balaban J connectivity index is 1.48. The van der Waals surface area contributed by atoms with Gasteiger partial charge in [0.1, 0.15) is 17.4 Å². The molecule has 5 rings (SSSR count). The van der Waals surface area contributed by atoms with Crippen molar-refractivity contribution in [3.05, 3.63) is 52.8 Å². The first-order valence-corrected chi connectivity index (χ1v) is 11.6. The number of piperazine rings is 1. The molecule has 4 heterocycles. The van der Waals surface area contributed by atoms with E-state index in [0.29, 0.717) is 22.4 Å². The van der Waals surface area contributed by atoms with Crippen LogP contribution >= 0.6 is 11.6 Å². The maximum absolute atomic E-state index is 6.66. The van der Waals surface area contributed by atoms with Gasteiger partial charge in [0, 0.05) is 54.9 Å². The van der Waals surface area contributed by atoms with E-state index in [1.54, 1.807) is 0 Å². The molecule has 1 fully saturated rings. The van der Waals surface area contributed by atoms with Crippen LogP contribution in [-0.4, -0.2) is 63.3 Å². The quantitative estimate of drug-likeness (QED) is 0.360. The minimum atomic E-state index is 0.219. The van der Waals surface area contributed by atoms with E-state index in [1.165, 1.54) is 0 Å². The van der Waals surface area contributed by atoms with E-state index >= 15 is 0 Å². The van der Waals surface area contributed by atoms with Gasteiger partial charge in [-0.05, 0) is 45.2 Å². The van der Waals surface area contributed by atoms with Gasteiger partial charge in [0.15, 0.2) is 5.82 Å². The van der Waals surface area contributed by atoms with E-state index in [9.17, 15) is 0 Å². The van der Waals surface area contributed by atoms with Gasteiger partial charge in [0.2, 0.25) is 0 Å². The highest BCUT2D eigenvalue weighted by molar-refractivity contribution is 6.37. The Morgan fingerprint density at radius 1 is 1.09 bits per heavy atom. The standard InChI is InChI=1S/C24H27ClN8O/c1-4-5-16-13-21(31-30-16)27-20-14-22(33-10-8-32(3)9-11-33)29-24(28-20)34-19-7-6-18-17(23(19)25)12-15(2)26-18/h4-7,12-14,26H,8-11H2,1-3H3,(H2,27,28,29,30,31)/b5-4-. The molecule has 1 aliphatic heterocycles. The van der Waals surface area contributed by atoms with Crippen LogP contribution in [0.15, 0.2) is 36.4 Å². The van der Waals surface area contributed by atoms with Crippen LogP contribution in [0.1, 0.15) is 18.3 Å². The molecule has 0 spiro atoms. The van der Waals surface area contributed by atoms with Gasteiger partial charge in [-0.1, -0.05) is 17.7 Å². The van der Waals surface area contributed by atoms with Crippen LogP contribution in [0.3, 0.4) is 0 Å². The van der Waals surface area contributed by atoms with Gasteiger partial charge in [-0.2, -0.15) is 15.1 Å². The van der Waals surface area contributed by atoms with Crippen molar-refractivity contribution in [1.29, 1.82) is 0 Å². The van der Waals surface area contributed by atoms with E-state index in [1.807, 2.05) is 56.3 Å². The molecular weight excluding hydrogens is 452 g/mol. The number of allylic oxidation sites excluding steroid dienone is 1. The van der Waals surface area contributed by atoms with Crippen LogP contribution < -0.4 is 15.0 Å². The van der Waals surface area contributed by atoms with Gasteiger partial charge in [0.05, 0.1) is 10.7 Å². The van der Waals surface area contributed by atoms with Crippen LogP contribution in [0.5, 0.6) is 11.8 Å². The molecule has 34 heavy (non-hydrogen) atoms. The number of halogens is 1. The average molecular weight is 479 g/mol. The predicted molar refractivity (Wildman–Crippen MR) is 136 cm³/mol. The molecule has 0 saturated carbocycles. The predicted octanol–water partition coefficient (Wildman–Crippen LogP) is 4.96. The Labute approximate surface area is 202 Å². The molecule has 0 unspecified atom stereocenters.